The SMILES string of the molecule is CNC1CCCN(c2nc(OCC34CCCN3CCC4)nc3c(F)c(-c4cccc5cccc(CCCOC=O)c45)ncc23)C1. The van der Waals surface area contributed by atoms with Crippen LogP contribution in [0, 0.1) is 5.82 Å². The number of likely N-dealkylation sites (N-methyl/N-ethyl adjacent to an activating group) is 1. The van der Waals surface area contributed by atoms with Gasteiger partial charge in [-0.1, -0.05) is 36.4 Å². The van der Waals surface area contributed by atoms with E-state index in [4.69, 9.17) is 24.4 Å². The first-order valence-corrected chi connectivity index (χ1v) is 16.3. The number of carbonyl (C=O) groups excluding carboxylic acids is 1. The minimum absolute atomic E-state index is 0.0267. The number of aromatic nitrogens is 3. The maximum absolute atomic E-state index is 16.9. The molecule has 7 rings (SSSR count). The van der Waals surface area contributed by atoms with E-state index in [2.05, 4.69) is 15.1 Å². The average Bonchev–Trinajstić information content (AvgIpc) is 3.66. The molecule has 3 aliphatic rings. The van der Waals surface area contributed by atoms with Gasteiger partial charge in [0.25, 0.3) is 6.47 Å². The first kappa shape index (κ1) is 29.8. The summed E-state index contributed by atoms with van der Waals surface area (Å²) >= 11 is 0. The molecule has 3 saturated heterocycles. The molecule has 1 unspecified atom stereocenters. The number of nitrogens with one attached hydrogen (secondary N) is 1. The van der Waals surface area contributed by atoms with Crippen molar-refractivity contribution in [2.24, 2.45) is 0 Å². The normalized spacial score (nSPS) is 19.7. The lowest BCUT2D eigenvalue weighted by Crippen LogP contribution is -2.45. The van der Waals surface area contributed by atoms with Gasteiger partial charge >= 0.3 is 6.01 Å². The predicted molar refractivity (Wildman–Crippen MR) is 173 cm³/mol. The summed E-state index contributed by atoms with van der Waals surface area (Å²) in [4.78, 5) is 29.8. The fourth-order valence-electron chi connectivity index (χ4n) is 7.80. The fraction of sp³-hybridized carbons (Fsp3) is 0.486. The predicted octanol–water partition coefficient (Wildman–Crippen LogP) is 5.29. The first-order valence-electron chi connectivity index (χ1n) is 16.3. The number of ether oxygens (including phenoxy) is 2. The van der Waals surface area contributed by atoms with Crippen LogP contribution in [0.25, 0.3) is 32.9 Å². The van der Waals surface area contributed by atoms with Crippen molar-refractivity contribution in [2.75, 3.05) is 51.3 Å². The monoisotopic (exact) mass is 612 g/mol. The second-order valence-corrected chi connectivity index (χ2v) is 12.7. The maximum Gasteiger partial charge on any atom is 0.319 e. The summed E-state index contributed by atoms with van der Waals surface area (Å²) in [7, 11) is 1.98. The third kappa shape index (κ3) is 5.70. The second-order valence-electron chi connectivity index (χ2n) is 12.7. The molecule has 1 atom stereocenters. The Hall–Kier alpha value is -3.89. The van der Waals surface area contributed by atoms with Crippen molar-refractivity contribution in [2.45, 2.75) is 62.9 Å². The molecule has 0 radical (unpaired) electrons. The highest BCUT2D eigenvalue weighted by Crippen LogP contribution is 2.40. The smallest absolute Gasteiger partial charge is 0.319 e. The number of aryl methyl sites for hydroxylation is 1. The zero-order valence-corrected chi connectivity index (χ0v) is 25.9. The van der Waals surface area contributed by atoms with E-state index in [0.29, 0.717) is 55.3 Å². The molecule has 5 heterocycles. The fourth-order valence-corrected chi connectivity index (χ4v) is 7.80. The van der Waals surface area contributed by atoms with Gasteiger partial charge in [-0.15, -0.1) is 0 Å². The number of hydrogen-bond acceptors (Lipinski definition) is 9. The highest BCUT2D eigenvalue weighted by Gasteiger charge is 2.45. The van der Waals surface area contributed by atoms with E-state index in [-0.39, 0.29) is 22.8 Å². The number of carbonyl (C=O) groups is 1. The van der Waals surface area contributed by atoms with Gasteiger partial charge in [-0.05, 0) is 87.8 Å². The van der Waals surface area contributed by atoms with Gasteiger partial charge in [0.15, 0.2) is 5.82 Å². The number of anilines is 1. The van der Waals surface area contributed by atoms with E-state index < -0.39 is 5.82 Å². The minimum atomic E-state index is -0.476. The Labute approximate surface area is 263 Å². The molecule has 4 aromatic rings. The summed E-state index contributed by atoms with van der Waals surface area (Å²) in [5, 5.41) is 5.93. The van der Waals surface area contributed by atoms with Crippen LogP contribution < -0.4 is 15.0 Å². The molecule has 2 aromatic heterocycles. The summed E-state index contributed by atoms with van der Waals surface area (Å²) in [6, 6.07) is 12.5. The van der Waals surface area contributed by atoms with Crippen LogP contribution in [0.5, 0.6) is 6.01 Å². The largest absolute Gasteiger partial charge is 0.468 e. The second kappa shape index (κ2) is 12.8. The first-order chi connectivity index (χ1) is 22.1. The minimum Gasteiger partial charge on any atom is -0.468 e. The van der Waals surface area contributed by atoms with Crippen molar-refractivity contribution in [3.05, 3.63) is 54.0 Å². The van der Waals surface area contributed by atoms with E-state index in [1.165, 1.54) is 12.8 Å². The molecule has 9 nitrogen and oxygen atoms in total. The number of hydrogen-bond donors (Lipinski definition) is 1. The molecule has 0 amide bonds. The summed E-state index contributed by atoms with van der Waals surface area (Å²) < 4.78 is 28.2. The lowest BCUT2D eigenvalue weighted by atomic mass is 9.94. The van der Waals surface area contributed by atoms with Crippen LogP contribution in [0.2, 0.25) is 0 Å². The quantitative estimate of drug-likeness (QED) is 0.179. The van der Waals surface area contributed by atoms with Gasteiger partial charge in [-0.2, -0.15) is 9.97 Å². The molecule has 1 N–H and O–H groups in total. The molecule has 0 aliphatic carbocycles. The van der Waals surface area contributed by atoms with Gasteiger partial charge < -0.3 is 19.7 Å². The van der Waals surface area contributed by atoms with Crippen LogP contribution in [0.4, 0.5) is 10.2 Å². The Morgan fingerprint density at radius 1 is 1.09 bits per heavy atom. The van der Waals surface area contributed by atoms with E-state index in [9.17, 15) is 4.79 Å². The van der Waals surface area contributed by atoms with E-state index >= 15 is 4.39 Å². The van der Waals surface area contributed by atoms with Crippen LogP contribution in [0.3, 0.4) is 0 Å². The molecular formula is C35H41FN6O3. The molecule has 0 saturated carbocycles. The third-order valence-electron chi connectivity index (χ3n) is 10.1. The van der Waals surface area contributed by atoms with Crippen LogP contribution in [-0.2, 0) is 16.0 Å². The van der Waals surface area contributed by atoms with Crippen molar-refractivity contribution < 1.29 is 18.7 Å². The summed E-state index contributed by atoms with van der Waals surface area (Å²) in [6.45, 7) is 5.11. The average molecular weight is 613 g/mol. The van der Waals surface area contributed by atoms with Crippen LogP contribution >= 0.6 is 0 Å². The van der Waals surface area contributed by atoms with Crippen LogP contribution in [0.1, 0.15) is 50.5 Å². The topological polar surface area (TPSA) is 92.7 Å². The van der Waals surface area contributed by atoms with E-state index in [0.717, 1.165) is 68.2 Å². The van der Waals surface area contributed by atoms with Crippen LogP contribution in [0.15, 0.2) is 42.6 Å². The molecule has 236 valence electrons. The van der Waals surface area contributed by atoms with E-state index in [1.807, 2.05) is 43.4 Å². The number of rotatable bonds is 11. The number of fused-ring (bicyclic) bond motifs is 3. The highest BCUT2D eigenvalue weighted by atomic mass is 19.1. The standard InChI is InChI=1S/C35H41FN6O3/c1-37-26-12-4-16-41(21-26)33-28-20-38-31(27-13-3-10-24-8-2-9-25(29(24)27)11-5-19-44-23-43)30(36)32(28)39-34(40-33)45-22-35-14-6-17-42(35)18-7-15-35/h2-3,8-10,13,20,23,26,37H,4-7,11-12,14-19,21-22H2,1H3. The Morgan fingerprint density at radius 3 is 2.71 bits per heavy atom. The number of halogens is 1. The summed E-state index contributed by atoms with van der Waals surface area (Å²) in [5.41, 5.74) is 2.27. The number of benzene rings is 2. The Bertz CT molecular complexity index is 1680. The summed E-state index contributed by atoms with van der Waals surface area (Å²) in [5.74, 6) is 0.199. The molecule has 45 heavy (non-hydrogen) atoms. The Balaban J connectivity index is 1.31. The van der Waals surface area contributed by atoms with Crippen molar-refractivity contribution in [3.8, 4) is 17.3 Å². The molecule has 3 aliphatic heterocycles. The van der Waals surface area contributed by atoms with Crippen molar-refractivity contribution in [1.29, 1.82) is 0 Å². The van der Waals surface area contributed by atoms with Gasteiger partial charge in [-0.3, -0.25) is 14.7 Å². The lowest BCUT2D eigenvalue weighted by molar-refractivity contribution is -0.128. The van der Waals surface area contributed by atoms with E-state index in [1.54, 1.807) is 6.20 Å². The summed E-state index contributed by atoms with van der Waals surface area (Å²) in [6.07, 6.45) is 9.73. The number of nitrogens with zero attached hydrogens (tertiary/aromatic N) is 5. The maximum atomic E-state index is 16.9. The highest BCUT2D eigenvalue weighted by molar-refractivity contribution is 6.00. The van der Waals surface area contributed by atoms with Gasteiger partial charge in [0.1, 0.15) is 23.6 Å². The Kier molecular flexibility index (Phi) is 8.51. The zero-order chi connectivity index (χ0) is 30.8. The number of pyridine rings is 1. The molecular weight excluding hydrogens is 571 g/mol. The van der Waals surface area contributed by atoms with Gasteiger partial charge in [0, 0.05) is 30.9 Å². The molecule has 10 heteroatoms. The third-order valence-corrected chi connectivity index (χ3v) is 10.1. The molecule has 0 spiro atoms. The van der Waals surface area contributed by atoms with Crippen molar-refractivity contribution in [1.82, 2.24) is 25.2 Å². The zero-order valence-electron chi connectivity index (χ0n) is 25.9. The van der Waals surface area contributed by atoms with Crippen molar-refractivity contribution in [3.63, 3.8) is 0 Å². The Morgan fingerprint density at radius 2 is 1.91 bits per heavy atom. The molecule has 3 fully saturated rings. The molecule has 0 bridgehead atoms. The lowest BCUT2D eigenvalue weighted by Gasteiger charge is -2.34. The van der Waals surface area contributed by atoms with Crippen molar-refractivity contribution >= 4 is 34.0 Å². The molecule has 2 aromatic carbocycles. The number of piperidine rings is 1. The van der Waals surface area contributed by atoms with Gasteiger partial charge in [0.05, 0.1) is 17.5 Å². The van der Waals surface area contributed by atoms with Crippen LogP contribution in [-0.4, -0.2) is 84.3 Å². The van der Waals surface area contributed by atoms with Gasteiger partial charge in [0.2, 0.25) is 0 Å². The van der Waals surface area contributed by atoms with Gasteiger partial charge in [-0.25, -0.2) is 4.39 Å².